The smallest absolute Gasteiger partial charge is 0.255 e. The number of amides is 1. The third-order valence-electron chi connectivity index (χ3n) is 3.43. The van der Waals surface area contributed by atoms with Crippen molar-refractivity contribution in [3.05, 3.63) is 60.2 Å². The third kappa shape index (κ3) is 4.64. The van der Waals surface area contributed by atoms with Crippen molar-refractivity contribution in [3.8, 4) is 0 Å². The van der Waals surface area contributed by atoms with E-state index in [2.05, 4.69) is 10.0 Å². The van der Waals surface area contributed by atoms with Crippen LogP contribution in [0.5, 0.6) is 0 Å². The van der Waals surface area contributed by atoms with Gasteiger partial charge in [0.1, 0.15) is 0 Å². The lowest BCUT2D eigenvalue weighted by atomic mass is 10.2. The lowest BCUT2D eigenvalue weighted by molar-refractivity contribution is 0.102. The average Bonchev–Trinajstić information content (AvgIpc) is 2.55. The molecule has 0 aliphatic rings. The van der Waals surface area contributed by atoms with Crippen LogP contribution in [-0.4, -0.2) is 20.4 Å². The van der Waals surface area contributed by atoms with E-state index in [0.29, 0.717) is 17.7 Å². The van der Waals surface area contributed by atoms with Crippen LogP contribution >= 0.6 is 0 Å². The van der Waals surface area contributed by atoms with Gasteiger partial charge in [-0.3, -0.25) is 4.79 Å². The van der Waals surface area contributed by atoms with E-state index in [9.17, 15) is 13.2 Å². The Morgan fingerprint density at radius 2 is 1.65 bits per heavy atom. The number of sulfonamides is 1. The second-order valence-corrected chi connectivity index (χ2v) is 6.99. The zero-order valence-electron chi connectivity index (χ0n) is 13.1. The highest BCUT2D eigenvalue weighted by Crippen LogP contribution is 2.13. The molecule has 23 heavy (non-hydrogen) atoms. The molecule has 2 aromatic carbocycles. The maximum Gasteiger partial charge on any atom is 0.255 e. The van der Waals surface area contributed by atoms with Gasteiger partial charge in [-0.15, -0.1) is 0 Å². The molecule has 2 N–H and O–H groups in total. The van der Waals surface area contributed by atoms with E-state index in [-0.39, 0.29) is 16.8 Å². The van der Waals surface area contributed by atoms with Gasteiger partial charge >= 0.3 is 0 Å². The maximum absolute atomic E-state index is 12.2. The van der Waals surface area contributed by atoms with Crippen molar-refractivity contribution in [2.24, 2.45) is 0 Å². The van der Waals surface area contributed by atoms with E-state index >= 15 is 0 Å². The minimum Gasteiger partial charge on any atom is -0.322 e. The number of rotatable bonds is 6. The summed E-state index contributed by atoms with van der Waals surface area (Å²) in [5.41, 5.74) is 1.09. The Labute approximate surface area is 136 Å². The van der Waals surface area contributed by atoms with Crippen LogP contribution in [0.15, 0.2) is 59.5 Å². The van der Waals surface area contributed by atoms with Gasteiger partial charge < -0.3 is 5.32 Å². The molecule has 0 fully saturated rings. The van der Waals surface area contributed by atoms with E-state index in [4.69, 9.17) is 0 Å². The fourth-order valence-corrected chi connectivity index (χ4v) is 3.25. The van der Waals surface area contributed by atoms with Gasteiger partial charge in [-0.05, 0) is 49.7 Å². The maximum atomic E-state index is 12.2. The predicted octanol–water partition coefficient (Wildman–Crippen LogP) is 3.02. The number of para-hydroxylation sites is 1. The van der Waals surface area contributed by atoms with Crippen LogP contribution < -0.4 is 10.0 Å². The van der Waals surface area contributed by atoms with Crippen molar-refractivity contribution in [2.45, 2.75) is 31.2 Å². The SMILES string of the molecule is CCC(C)NS(=O)(=O)c1ccc(C(=O)Nc2ccccc2)cc1. The molecule has 2 rings (SSSR count). The highest BCUT2D eigenvalue weighted by Gasteiger charge is 2.17. The average molecular weight is 332 g/mol. The first-order chi connectivity index (χ1) is 10.9. The zero-order valence-corrected chi connectivity index (χ0v) is 13.9. The molecule has 1 unspecified atom stereocenters. The molecule has 0 bridgehead atoms. The quantitative estimate of drug-likeness (QED) is 0.854. The normalized spacial score (nSPS) is 12.6. The first-order valence-electron chi connectivity index (χ1n) is 7.41. The largest absolute Gasteiger partial charge is 0.322 e. The lowest BCUT2D eigenvalue weighted by Gasteiger charge is -2.12. The molecule has 122 valence electrons. The first-order valence-corrected chi connectivity index (χ1v) is 8.89. The minimum atomic E-state index is -3.55. The van der Waals surface area contributed by atoms with E-state index in [1.807, 2.05) is 25.1 Å². The summed E-state index contributed by atoms with van der Waals surface area (Å²) in [5, 5.41) is 2.75. The van der Waals surface area contributed by atoms with Gasteiger partial charge in [0.05, 0.1) is 4.90 Å². The van der Waals surface area contributed by atoms with Crippen LogP contribution in [0.25, 0.3) is 0 Å². The number of carbonyl (C=O) groups excluding carboxylic acids is 1. The van der Waals surface area contributed by atoms with Crippen molar-refractivity contribution in [1.82, 2.24) is 4.72 Å². The van der Waals surface area contributed by atoms with Crippen molar-refractivity contribution in [2.75, 3.05) is 5.32 Å². The van der Waals surface area contributed by atoms with E-state index in [1.165, 1.54) is 24.3 Å². The molecule has 0 spiro atoms. The third-order valence-corrected chi connectivity index (χ3v) is 5.03. The summed E-state index contributed by atoms with van der Waals surface area (Å²) in [4.78, 5) is 12.3. The Morgan fingerprint density at radius 3 is 2.22 bits per heavy atom. The Balaban J connectivity index is 2.11. The Kier molecular flexibility index (Phi) is 5.52. The molecule has 5 nitrogen and oxygen atoms in total. The summed E-state index contributed by atoms with van der Waals surface area (Å²) in [6, 6.07) is 14.8. The molecule has 0 saturated heterocycles. The van der Waals surface area contributed by atoms with Crippen molar-refractivity contribution in [3.63, 3.8) is 0 Å². The Hall–Kier alpha value is -2.18. The van der Waals surface area contributed by atoms with Crippen molar-refractivity contribution < 1.29 is 13.2 Å². The Morgan fingerprint density at radius 1 is 1.04 bits per heavy atom. The van der Waals surface area contributed by atoms with Gasteiger partial charge in [0, 0.05) is 17.3 Å². The Bertz CT molecular complexity index is 756. The van der Waals surface area contributed by atoms with Gasteiger partial charge in [-0.2, -0.15) is 0 Å². The summed E-state index contributed by atoms with van der Waals surface area (Å²) >= 11 is 0. The molecule has 0 heterocycles. The summed E-state index contributed by atoms with van der Waals surface area (Å²) in [6.45, 7) is 3.71. The first kappa shape index (κ1) is 17.2. The molecular weight excluding hydrogens is 312 g/mol. The molecule has 0 aliphatic heterocycles. The van der Waals surface area contributed by atoms with Gasteiger partial charge in [-0.1, -0.05) is 25.1 Å². The van der Waals surface area contributed by atoms with Crippen LogP contribution in [0, 0.1) is 0 Å². The molecule has 1 amide bonds. The molecule has 2 aromatic rings. The molecule has 1 atom stereocenters. The number of benzene rings is 2. The van der Waals surface area contributed by atoms with Gasteiger partial charge in [-0.25, -0.2) is 13.1 Å². The fraction of sp³-hybridized carbons (Fsp3) is 0.235. The number of hydrogen-bond acceptors (Lipinski definition) is 3. The highest BCUT2D eigenvalue weighted by molar-refractivity contribution is 7.89. The number of nitrogens with one attached hydrogen (secondary N) is 2. The molecule has 0 aliphatic carbocycles. The number of hydrogen-bond donors (Lipinski definition) is 2. The van der Waals surface area contributed by atoms with E-state index in [0.717, 1.165) is 0 Å². The van der Waals surface area contributed by atoms with Crippen LogP contribution in [0.2, 0.25) is 0 Å². The summed E-state index contributed by atoms with van der Waals surface area (Å²) in [7, 11) is -3.55. The highest BCUT2D eigenvalue weighted by atomic mass is 32.2. The molecular formula is C17H20N2O3S. The number of anilines is 1. The van der Waals surface area contributed by atoms with Crippen molar-refractivity contribution >= 4 is 21.6 Å². The zero-order chi connectivity index (χ0) is 16.9. The molecule has 6 heteroatoms. The van der Waals surface area contributed by atoms with Gasteiger partial charge in [0.2, 0.25) is 10.0 Å². The predicted molar refractivity (Wildman–Crippen MR) is 90.9 cm³/mol. The van der Waals surface area contributed by atoms with E-state index < -0.39 is 10.0 Å². The van der Waals surface area contributed by atoms with Crippen LogP contribution in [0.3, 0.4) is 0 Å². The molecule has 0 saturated carbocycles. The fourth-order valence-electron chi connectivity index (χ4n) is 1.93. The van der Waals surface area contributed by atoms with Crippen LogP contribution in [-0.2, 0) is 10.0 Å². The second kappa shape index (κ2) is 7.39. The second-order valence-electron chi connectivity index (χ2n) is 5.28. The monoisotopic (exact) mass is 332 g/mol. The van der Waals surface area contributed by atoms with Gasteiger partial charge in [0.15, 0.2) is 0 Å². The summed E-state index contributed by atoms with van der Waals surface area (Å²) < 4.78 is 26.9. The molecule has 0 radical (unpaired) electrons. The summed E-state index contributed by atoms with van der Waals surface area (Å²) in [6.07, 6.45) is 0.705. The minimum absolute atomic E-state index is 0.138. The van der Waals surface area contributed by atoms with E-state index in [1.54, 1.807) is 19.1 Å². The lowest BCUT2D eigenvalue weighted by Crippen LogP contribution is -2.32. The topological polar surface area (TPSA) is 75.3 Å². The van der Waals surface area contributed by atoms with Gasteiger partial charge in [0.25, 0.3) is 5.91 Å². The summed E-state index contributed by atoms with van der Waals surface area (Å²) in [5.74, 6) is -0.282. The molecule has 0 aromatic heterocycles. The van der Waals surface area contributed by atoms with Crippen LogP contribution in [0.1, 0.15) is 30.6 Å². The van der Waals surface area contributed by atoms with Crippen LogP contribution in [0.4, 0.5) is 5.69 Å². The number of carbonyl (C=O) groups is 1. The van der Waals surface area contributed by atoms with Crippen molar-refractivity contribution in [1.29, 1.82) is 0 Å². The standard InChI is InChI=1S/C17H20N2O3S/c1-3-13(2)19-23(21,22)16-11-9-14(10-12-16)17(20)18-15-7-5-4-6-8-15/h4-13,19H,3H2,1-2H3,(H,18,20).